The molecule has 0 spiro atoms. The number of nitrogen functional groups attached to an aromatic ring is 1. The van der Waals surface area contributed by atoms with Crippen LogP contribution in [-0.4, -0.2) is 29.5 Å². The predicted molar refractivity (Wildman–Crippen MR) is 123 cm³/mol. The van der Waals surface area contributed by atoms with Gasteiger partial charge in [0.1, 0.15) is 10.7 Å². The second kappa shape index (κ2) is 9.93. The SMILES string of the molecule is CCc1ccc(NC(=O)C(CC)Sc2ncc(S(=O)(=O)c3ccccc3)c(N)n2)cc1. The Kier molecular flexibility index (Phi) is 7.29. The number of benzene rings is 2. The highest BCUT2D eigenvalue weighted by Gasteiger charge is 2.24. The largest absolute Gasteiger partial charge is 0.382 e. The van der Waals surface area contributed by atoms with E-state index in [1.807, 2.05) is 31.2 Å². The number of rotatable bonds is 8. The summed E-state index contributed by atoms with van der Waals surface area (Å²) in [6.07, 6.45) is 2.66. The molecule has 0 aliphatic heterocycles. The normalized spacial score (nSPS) is 12.3. The van der Waals surface area contributed by atoms with Gasteiger partial charge in [0, 0.05) is 5.69 Å². The number of nitrogens with one attached hydrogen (secondary N) is 1. The first-order chi connectivity index (χ1) is 14.8. The Morgan fingerprint density at radius 3 is 2.35 bits per heavy atom. The minimum absolute atomic E-state index is 0.116. The van der Waals surface area contributed by atoms with Gasteiger partial charge in [-0.05, 0) is 42.7 Å². The standard InChI is InChI=1S/C22H24N4O3S2/c1-3-15-10-12-16(13-11-15)25-21(27)18(4-2)30-22-24-14-19(20(23)26-22)31(28,29)17-8-6-5-7-9-17/h5-14,18H,3-4H2,1-2H3,(H,25,27)(H2,23,24,26). The molecule has 162 valence electrons. The van der Waals surface area contributed by atoms with Crippen molar-refractivity contribution in [3.63, 3.8) is 0 Å². The Morgan fingerprint density at radius 1 is 1.10 bits per heavy atom. The van der Waals surface area contributed by atoms with E-state index < -0.39 is 15.1 Å². The van der Waals surface area contributed by atoms with Crippen LogP contribution in [0.2, 0.25) is 0 Å². The van der Waals surface area contributed by atoms with Crippen molar-refractivity contribution in [2.75, 3.05) is 11.1 Å². The molecule has 0 aliphatic carbocycles. The van der Waals surface area contributed by atoms with E-state index in [0.29, 0.717) is 12.1 Å². The quantitative estimate of drug-likeness (QED) is 0.389. The fraction of sp³-hybridized carbons (Fsp3) is 0.227. The van der Waals surface area contributed by atoms with E-state index in [1.54, 1.807) is 18.2 Å². The van der Waals surface area contributed by atoms with Crippen molar-refractivity contribution in [3.05, 3.63) is 66.4 Å². The maximum atomic E-state index is 12.8. The highest BCUT2D eigenvalue weighted by molar-refractivity contribution is 8.00. The van der Waals surface area contributed by atoms with Gasteiger partial charge in [0.25, 0.3) is 0 Å². The number of thioether (sulfide) groups is 1. The molecule has 0 aliphatic rings. The molecule has 0 saturated carbocycles. The van der Waals surface area contributed by atoms with Gasteiger partial charge < -0.3 is 11.1 Å². The molecule has 2 aromatic carbocycles. The summed E-state index contributed by atoms with van der Waals surface area (Å²) >= 11 is 1.14. The van der Waals surface area contributed by atoms with Crippen LogP contribution in [0.4, 0.5) is 11.5 Å². The lowest BCUT2D eigenvalue weighted by Crippen LogP contribution is -2.25. The lowest BCUT2D eigenvalue weighted by atomic mass is 10.1. The van der Waals surface area contributed by atoms with Crippen molar-refractivity contribution in [2.45, 2.75) is 46.9 Å². The number of hydrogen-bond acceptors (Lipinski definition) is 7. The monoisotopic (exact) mass is 456 g/mol. The van der Waals surface area contributed by atoms with Crippen LogP contribution in [0, 0.1) is 0 Å². The molecule has 1 heterocycles. The maximum Gasteiger partial charge on any atom is 0.237 e. The number of aryl methyl sites for hydroxylation is 1. The minimum atomic E-state index is -3.82. The van der Waals surface area contributed by atoms with Gasteiger partial charge >= 0.3 is 0 Å². The van der Waals surface area contributed by atoms with Gasteiger partial charge in [-0.1, -0.05) is 55.9 Å². The Morgan fingerprint density at radius 2 is 1.77 bits per heavy atom. The molecule has 1 atom stereocenters. The third-order valence-electron chi connectivity index (χ3n) is 4.64. The van der Waals surface area contributed by atoms with E-state index in [4.69, 9.17) is 5.73 Å². The molecule has 31 heavy (non-hydrogen) atoms. The first kappa shape index (κ1) is 22.8. The fourth-order valence-electron chi connectivity index (χ4n) is 2.85. The van der Waals surface area contributed by atoms with E-state index in [9.17, 15) is 13.2 Å². The molecule has 0 fully saturated rings. The molecule has 1 amide bonds. The smallest absolute Gasteiger partial charge is 0.237 e. The van der Waals surface area contributed by atoms with Gasteiger partial charge in [0.15, 0.2) is 5.16 Å². The lowest BCUT2D eigenvalue weighted by molar-refractivity contribution is -0.115. The second-order valence-corrected chi connectivity index (χ2v) is 9.86. The molecule has 3 N–H and O–H groups in total. The van der Waals surface area contributed by atoms with Crippen molar-refractivity contribution in [3.8, 4) is 0 Å². The zero-order valence-corrected chi connectivity index (χ0v) is 18.9. The van der Waals surface area contributed by atoms with E-state index >= 15 is 0 Å². The van der Waals surface area contributed by atoms with E-state index in [2.05, 4.69) is 22.2 Å². The molecule has 0 bridgehead atoms. The topological polar surface area (TPSA) is 115 Å². The number of nitrogens with two attached hydrogens (primary N) is 1. The number of carbonyl (C=O) groups is 1. The summed E-state index contributed by atoms with van der Waals surface area (Å²) in [6.45, 7) is 3.95. The minimum Gasteiger partial charge on any atom is -0.382 e. The lowest BCUT2D eigenvalue weighted by Gasteiger charge is -2.15. The number of aromatic nitrogens is 2. The summed E-state index contributed by atoms with van der Waals surface area (Å²) in [5.41, 5.74) is 7.85. The summed E-state index contributed by atoms with van der Waals surface area (Å²) in [5.74, 6) is -0.327. The fourth-order valence-corrected chi connectivity index (χ4v) is 4.99. The summed E-state index contributed by atoms with van der Waals surface area (Å²) in [4.78, 5) is 20.9. The molecule has 0 saturated heterocycles. The van der Waals surface area contributed by atoms with Gasteiger partial charge in [-0.2, -0.15) is 0 Å². The number of nitrogens with zero attached hydrogens (tertiary/aromatic N) is 2. The first-order valence-corrected chi connectivity index (χ1v) is 12.2. The van der Waals surface area contributed by atoms with Crippen molar-refractivity contribution in [1.29, 1.82) is 0 Å². The third-order valence-corrected chi connectivity index (χ3v) is 7.67. The van der Waals surface area contributed by atoms with Crippen molar-refractivity contribution in [1.82, 2.24) is 9.97 Å². The molecular weight excluding hydrogens is 432 g/mol. The van der Waals surface area contributed by atoms with Crippen LogP contribution in [0.25, 0.3) is 0 Å². The van der Waals surface area contributed by atoms with Crippen molar-refractivity contribution >= 4 is 39.0 Å². The van der Waals surface area contributed by atoms with Crippen LogP contribution in [0.3, 0.4) is 0 Å². The van der Waals surface area contributed by atoms with E-state index in [0.717, 1.165) is 18.2 Å². The number of sulfone groups is 1. The molecule has 9 heteroatoms. The summed E-state index contributed by atoms with van der Waals surface area (Å²) < 4.78 is 25.5. The third kappa shape index (κ3) is 5.42. The highest BCUT2D eigenvalue weighted by atomic mass is 32.2. The van der Waals surface area contributed by atoms with Crippen LogP contribution in [-0.2, 0) is 21.1 Å². The van der Waals surface area contributed by atoms with Gasteiger partial charge in [-0.25, -0.2) is 18.4 Å². The molecule has 3 rings (SSSR count). The summed E-state index contributed by atoms with van der Waals surface area (Å²) in [5, 5.41) is 2.68. The zero-order chi connectivity index (χ0) is 22.4. The van der Waals surface area contributed by atoms with Gasteiger partial charge in [0.2, 0.25) is 15.7 Å². The first-order valence-electron chi connectivity index (χ1n) is 9.84. The predicted octanol–water partition coefficient (Wildman–Crippen LogP) is 3.96. The number of anilines is 2. The Labute approximate surface area is 186 Å². The number of carbonyl (C=O) groups excluding carboxylic acids is 1. The number of amides is 1. The summed E-state index contributed by atoms with van der Waals surface area (Å²) in [6, 6.07) is 15.6. The van der Waals surface area contributed by atoms with E-state index in [1.165, 1.54) is 23.9 Å². The Hall–Kier alpha value is -2.91. The van der Waals surface area contributed by atoms with Crippen LogP contribution in [0.5, 0.6) is 0 Å². The van der Waals surface area contributed by atoms with Crippen LogP contribution in [0.15, 0.2) is 75.7 Å². The summed E-state index contributed by atoms with van der Waals surface area (Å²) in [7, 11) is -3.82. The van der Waals surface area contributed by atoms with Gasteiger partial charge in [0.05, 0.1) is 16.3 Å². The molecular formula is C22H24N4O3S2. The molecule has 3 aromatic rings. The van der Waals surface area contributed by atoms with E-state index in [-0.39, 0.29) is 26.7 Å². The van der Waals surface area contributed by atoms with Crippen molar-refractivity contribution < 1.29 is 13.2 Å². The average molecular weight is 457 g/mol. The number of hydrogen-bond donors (Lipinski definition) is 2. The Balaban J connectivity index is 1.75. The van der Waals surface area contributed by atoms with Gasteiger partial charge in [-0.15, -0.1) is 0 Å². The average Bonchev–Trinajstić information content (AvgIpc) is 2.78. The maximum absolute atomic E-state index is 12.8. The van der Waals surface area contributed by atoms with Crippen LogP contribution >= 0.6 is 11.8 Å². The molecule has 1 unspecified atom stereocenters. The van der Waals surface area contributed by atoms with Gasteiger partial charge in [-0.3, -0.25) is 4.79 Å². The van der Waals surface area contributed by atoms with Crippen molar-refractivity contribution in [2.24, 2.45) is 0 Å². The highest BCUT2D eigenvalue weighted by Crippen LogP contribution is 2.28. The zero-order valence-electron chi connectivity index (χ0n) is 17.3. The molecule has 1 aromatic heterocycles. The van der Waals surface area contributed by atoms with Crippen LogP contribution in [0.1, 0.15) is 25.8 Å². The molecule has 7 nitrogen and oxygen atoms in total. The second-order valence-electron chi connectivity index (χ2n) is 6.77. The van der Waals surface area contributed by atoms with Crippen LogP contribution < -0.4 is 11.1 Å². The Bertz CT molecular complexity index is 1150. The molecule has 0 radical (unpaired) electrons.